The van der Waals surface area contributed by atoms with E-state index in [1.807, 2.05) is 18.2 Å². The second-order valence-corrected chi connectivity index (χ2v) is 7.52. The van der Waals surface area contributed by atoms with Gasteiger partial charge in [0, 0.05) is 11.5 Å². The standard InChI is InChI=1S/C16H13ClN2O5S/c1-10(16-8-11-4-2-3-5-15(11)24-16)18-25(22,23)12-6-7-13(17)14(9-12)19(20)21/h2-10,18H,1H3/t10-/m1/s1. The number of furan rings is 1. The Morgan fingerprint density at radius 2 is 1.92 bits per heavy atom. The average Bonchev–Trinajstić information content (AvgIpc) is 2.98. The molecule has 0 unspecified atom stereocenters. The fourth-order valence-corrected chi connectivity index (χ4v) is 3.79. The van der Waals surface area contributed by atoms with E-state index in [1.54, 1.807) is 19.1 Å². The summed E-state index contributed by atoms with van der Waals surface area (Å²) < 4.78 is 33.1. The van der Waals surface area contributed by atoms with Gasteiger partial charge in [-0.15, -0.1) is 0 Å². The highest BCUT2D eigenvalue weighted by molar-refractivity contribution is 7.89. The van der Waals surface area contributed by atoms with Crippen LogP contribution in [0.2, 0.25) is 5.02 Å². The molecule has 0 fully saturated rings. The lowest BCUT2D eigenvalue weighted by Crippen LogP contribution is -2.26. The SMILES string of the molecule is C[C@@H](NS(=O)(=O)c1ccc(Cl)c([N+](=O)[O-])c1)c1cc2ccccc2o1. The van der Waals surface area contributed by atoms with Crippen molar-refractivity contribution in [2.75, 3.05) is 0 Å². The van der Waals surface area contributed by atoms with E-state index < -0.39 is 26.7 Å². The van der Waals surface area contributed by atoms with Gasteiger partial charge in [-0.05, 0) is 31.2 Å². The molecule has 9 heteroatoms. The van der Waals surface area contributed by atoms with E-state index in [-0.39, 0.29) is 9.92 Å². The molecule has 0 spiro atoms. The van der Waals surface area contributed by atoms with Crippen LogP contribution in [0.3, 0.4) is 0 Å². The highest BCUT2D eigenvalue weighted by Crippen LogP contribution is 2.29. The van der Waals surface area contributed by atoms with Crippen LogP contribution < -0.4 is 4.72 Å². The van der Waals surface area contributed by atoms with Gasteiger partial charge >= 0.3 is 0 Å². The van der Waals surface area contributed by atoms with Crippen molar-refractivity contribution >= 4 is 38.3 Å². The van der Waals surface area contributed by atoms with Crippen molar-refractivity contribution in [1.29, 1.82) is 0 Å². The Labute approximate surface area is 148 Å². The number of fused-ring (bicyclic) bond motifs is 1. The van der Waals surface area contributed by atoms with Gasteiger partial charge < -0.3 is 4.42 Å². The van der Waals surface area contributed by atoms with Gasteiger partial charge in [0.05, 0.1) is 15.9 Å². The summed E-state index contributed by atoms with van der Waals surface area (Å²) in [5.74, 6) is 0.438. The molecule has 3 rings (SSSR count). The Morgan fingerprint density at radius 3 is 2.60 bits per heavy atom. The van der Waals surface area contributed by atoms with Crippen molar-refractivity contribution < 1.29 is 17.8 Å². The highest BCUT2D eigenvalue weighted by Gasteiger charge is 2.24. The summed E-state index contributed by atoms with van der Waals surface area (Å²) in [4.78, 5) is 9.96. The lowest BCUT2D eigenvalue weighted by Gasteiger charge is -2.12. The minimum absolute atomic E-state index is 0.130. The molecule has 3 aromatic rings. The lowest BCUT2D eigenvalue weighted by atomic mass is 10.2. The van der Waals surface area contributed by atoms with Gasteiger partial charge in [-0.3, -0.25) is 10.1 Å². The van der Waals surface area contributed by atoms with E-state index in [0.717, 1.165) is 11.5 Å². The molecule has 0 radical (unpaired) electrons. The quantitative estimate of drug-likeness (QED) is 0.531. The predicted molar refractivity (Wildman–Crippen MR) is 93.1 cm³/mol. The number of sulfonamides is 1. The minimum Gasteiger partial charge on any atom is -0.459 e. The molecule has 0 aliphatic heterocycles. The lowest BCUT2D eigenvalue weighted by molar-refractivity contribution is -0.384. The summed E-state index contributed by atoms with van der Waals surface area (Å²) in [5.41, 5.74) is 0.173. The number of rotatable bonds is 5. The van der Waals surface area contributed by atoms with Gasteiger partial charge in [-0.2, -0.15) is 0 Å². The van der Waals surface area contributed by atoms with Crippen molar-refractivity contribution in [2.24, 2.45) is 0 Å². The van der Waals surface area contributed by atoms with Crippen LogP contribution in [-0.2, 0) is 10.0 Å². The molecular formula is C16H13ClN2O5S. The third-order valence-electron chi connectivity index (χ3n) is 3.63. The molecule has 1 heterocycles. The molecule has 7 nitrogen and oxygen atoms in total. The van der Waals surface area contributed by atoms with Gasteiger partial charge in [0.2, 0.25) is 10.0 Å². The number of hydrogen-bond donors (Lipinski definition) is 1. The summed E-state index contributed by atoms with van der Waals surface area (Å²) in [5, 5.41) is 11.7. The van der Waals surface area contributed by atoms with Crippen LogP contribution in [0.5, 0.6) is 0 Å². The molecule has 2 aromatic carbocycles. The van der Waals surface area contributed by atoms with Gasteiger partial charge in [0.25, 0.3) is 5.69 Å². The normalized spacial score (nSPS) is 13.0. The maximum atomic E-state index is 12.5. The van der Waals surface area contributed by atoms with Crippen molar-refractivity contribution in [1.82, 2.24) is 4.72 Å². The molecule has 0 amide bonds. The van der Waals surface area contributed by atoms with Crippen molar-refractivity contribution in [3.05, 3.63) is 69.4 Å². The molecular weight excluding hydrogens is 368 g/mol. The fraction of sp³-hybridized carbons (Fsp3) is 0.125. The second-order valence-electron chi connectivity index (χ2n) is 5.40. The van der Waals surface area contributed by atoms with Crippen LogP contribution in [0.25, 0.3) is 11.0 Å². The monoisotopic (exact) mass is 380 g/mol. The van der Waals surface area contributed by atoms with Crippen molar-refractivity contribution in [3.8, 4) is 0 Å². The minimum atomic E-state index is -3.99. The van der Waals surface area contributed by atoms with E-state index in [2.05, 4.69) is 4.72 Å². The number of nitrogens with zero attached hydrogens (tertiary/aromatic N) is 1. The first-order chi connectivity index (χ1) is 11.8. The van der Waals surface area contributed by atoms with Gasteiger partial charge in [-0.1, -0.05) is 29.8 Å². The van der Waals surface area contributed by atoms with Crippen molar-refractivity contribution in [2.45, 2.75) is 17.9 Å². The summed E-state index contributed by atoms with van der Waals surface area (Å²) in [6.45, 7) is 1.62. The number of hydrogen-bond acceptors (Lipinski definition) is 5. The molecule has 0 aliphatic rings. The van der Waals surface area contributed by atoms with Crippen molar-refractivity contribution in [3.63, 3.8) is 0 Å². The van der Waals surface area contributed by atoms with Crippen LogP contribution in [0.1, 0.15) is 18.7 Å². The molecule has 0 saturated carbocycles. The van der Waals surface area contributed by atoms with Gasteiger partial charge in [0.1, 0.15) is 16.4 Å². The molecule has 0 aliphatic carbocycles. The van der Waals surface area contributed by atoms with E-state index in [4.69, 9.17) is 16.0 Å². The van der Waals surface area contributed by atoms with Crippen LogP contribution in [0, 0.1) is 10.1 Å². The zero-order valence-corrected chi connectivity index (χ0v) is 14.5. The molecule has 0 saturated heterocycles. The maximum absolute atomic E-state index is 12.5. The van der Waals surface area contributed by atoms with Crippen LogP contribution in [0.4, 0.5) is 5.69 Å². The Bertz CT molecular complexity index is 1030. The van der Waals surface area contributed by atoms with E-state index >= 15 is 0 Å². The number of nitro benzene ring substituents is 1. The molecule has 0 bridgehead atoms. The zero-order valence-electron chi connectivity index (χ0n) is 13.0. The first-order valence-electron chi connectivity index (χ1n) is 7.23. The van der Waals surface area contributed by atoms with Crippen LogP contribution in [-0.4, -0.2) is 13.3 Å². The van der Waals surface area contributed by atoms with Crippen LogP contribution in [0.15, 0.2) is 57.8 Å². The molecule has 25 heavy (non-hydrogen) atoms. The van der Waals surface area contributed by atoms with Crippen LogP contribution >= 0.6 is 11.6 Å². The number of benzene rings is 2. The molecule has 1 atom stereocenters. The first-order valence-corrected chi connectivity index (χ1v) is 9.09. The molecule has 1 N–H and O–H groups in total. The predicted octanol–water partition coefficient (Wildman–Crippen LogP) is 4.03. The Hall–Kier alpha value is -2.42. The second kappa shape index (κ2) is 6.47. The summed E-state index contributed by atoms with van der Waals surface area (Å²) in [7, 11) is -3.99. The number of para-hydroxylation sites is 1. The molecule has 130 valence electrons. The maximum Gasteiger partial charge on any atom is 0.289 e. The summed E-state index contributed by atoms with van der Waals surface area (Å²) in [6, 6.07) is 11.7. The van der Waals surface area contributed by atoms with E-state index in [9.17, 15) is 18.5 Å². The fourth-order valence-electron chi connectivity index (χ4n) is 2.37. The highest BCUT2D eigenvalue weighted by atomic mass is 35.5. The number of nitrogens with one attached hydrogen (secondary N) is 1. The Morgan fingerprint density at radius 1 is 1.20 bits per heavy atom. The Balaban J connectivity index is 1.90. The average molecular weight is 381 g/mol. The van der Waals surface area contributed by atoms with E-state index in [0.29, 0.717) is 11.3 Å². The summed E-state index contributed by atoms with van der Waals surface area (Å²) >= 11 is 5.72. The smallest absolute Gasteiger partial charge is 0.289 e. The third kappa shape index (κ3) is 3.51. The first kappa shape index (κ1) is 17.4. The number of halogens is 1. The third-order valence-corrected chi connectivity index (χ3v) is 5.49. The largest absolute Gasteiger partial charge is 0.459 e. The Kier molecular flexibility index (Phi) is 4.51. The van der Waals surface area contributed by atoms with Gasteiger partial charge in [-0.25, -0.2) is 13.1 Å². The van der Waals surface area contributed by atoms with Gasteiger partial charge in [0.15, 0.2) is 0 Å². The number of nitro groups is 1. The zero-order chi connectivity index (χ0) is 18.2. The summed E-state index contributed by atoms with van der Waals surface area (Å²) in [6.07, 6.45) is 0. The van der Waals surface area contributed by atoms with E-state index in [1.165, 1.54) is 12.1 Å². The molecule has 1 aromatic heterocycles. The topological polar surface area (TPSA) is 102 Å².